The normalized spacial score (nSPS) is 16.3. The summed E-state index contributed by atoms with van der Waals surface area (Å²) in [7, 11) is 0. The van der Waals surface area contributed by atoms with Crippen molar-refractivity contribution in [1.29, 1.82) is 0 Å². The smallest absolute Gasteiger partial charge is 0.0410 e. The second-order valence-electron chi connectivity index (χ2n) is 4.81. The predicted octanol–water partition coefficient (Wildman–Crippen LogP) is 3.68. The van der Waals surface area contributed by atoms with Crippen molar-refractivity contribution in [3.05, 3.63) is 33.3 Å². The maximum atomic E-state index is 5.99. The van der Waals surface area contributed by atoms with E-state index in [2.05, 4.69) is 26.1 Å². The first kappa shape index (κ1) is 14.3. The monoisotopic (exact) mass is 330 g/mol. The number of nitrogens with one attached hydrogen (secondary N) is 1. The lowest BCUT2D eigenvalue weighted by molar-refractivity contribution is 0.331. The molecule has 0 spiro atoms. The number of nitrogens with zero attached hydrogens (tertiary/aromatic N) is 1. The molecule has 1 saturated heterocycles. The van der Waals surface area contributed by atoms with Crippen LogP contribution in [0.25, 0.3) is 0 Å². The van der Waals surface area contributed by atoms with Crippen LogP contribution in [0.5, 0.6) is 0 Å². The number of rotatable bonds is 6. The summed E-state index contributed by atoms with van der Waals surface area (Å²) in [6, 6.07) is 5.92. The van der Waals surface area contributed by atoms with Crippen LogP contribution in [0.15, 0.2) is 22.7 Å². The van der Waals surface area contributed by atoms with Crippen LogP contribution < -0.4 is 5.32 Å². The molecule has 4 heteroatoms. The topological polar surface area (TPSA) is 15.3 Å². The molecule has 1 N–H and O–H groups in total. The molecule has 0 atom stereocenters. The highest BCUT2D eigenvalue weighted by molar-refractivity contribution is 9.10. The van der Waals surface area contributed by atoms with Crippen molar-refractivity contribution >= 4 is 27.5 Å². The molecule has 1 aromatic carbocycles. The molecular weight excluding hydrogens is 312 g/mol. The summed E-state index contributed by atoms with van der Waals surface area (Å²) in [4.78, 5) is 2.55. The first-order valence-electron chi connectivity index (χ1n) is 6.63. The lowest BCUT2D eigenvalue weighted by Crippen LogP contribution is -2.24. The number of likely N-dealkylation sites (tertiary alicyclic amines) is 1. The molecule has 2 nitrogen and oxygen atoms in total. The van der Waals surface area contributed by atoms with Crippen LogP contribution in [0.2, 0.25) is 5.02 Å². The molecule has 0 aromatic heterocycles. The number of hydrogen-bond donors (Lipinski definition) is 1. The molecule has 0 radical (unpaired) electrons. The molecule has 0 saturated carbocycles. The van der Waals surface area contributed by atoms with Crippen molar-refractivity contribution in [3.63, 3.8) is 0 Å². The standard InChI is InChI=1S/C14H20BrClN2/c15-14-5-4-13(16)10-12(14)11-17-6-3-9-18-7-1-2-8-18/h4-5,10,17H,1-3,6-9,11H2. The second kappa shape index (κ2) is 7.49. The summed E-state index contributed by atoms with van der Waals surface area (Å²) in [5, 5.41) is 4.28. The molecule has 0 aliphatic carbocycles. The van der Waals surface area contributed by atoms with Crippen LogP contribution in [0, 0.1) is 0 Å². The van der Waals surface area contributed by atoms with Gasteiger partial charge in [-0.1, -0.05) is 27.5 Å². The first-order chi connectivity index (χ1) is 8.75. The maximum absolute atomic E-state index is 5.99. The minimum Gasteiger partial charge on any atom is -0.313 e. The van der Waals surface area contributed by atoms with Gasteiger partial charge in [0.25, 0.3) is 0 Å². The van der Waals surface area contributed by atoms with E-state index in [0.29, 0.717) is 0 Å². The molecule has 1 heterocycles. The van der Waals surface area contributed by atoms with E-state index >= 15 is 0 Å². The lowest BCUT2D eigenvalue weighted by Gasteiger charge is -2.14. The minimum atomic E-state index is 0.798. The van der Waals surface area contributed by atoms with Gasteiger partial charge in [-0.2, -0.15) is 0 Å². The zero-order chi connectivity index (χ0) is 12.8. The van der Waals surface area contributed by atoms with Gasteiger partial charge in [0.2, 0.25) is 0 Å². The number of hydrogen-bond acceptors (Lipinski definition) is 2. The zero-order valence-corrected chi connectivity index (χ0v) is 12.9. The fraction of sp³-hybridized carbons (Fsp3) is 0.571. The minimum absolute atomic E-state index is 0.798. The fourth-order valence-electron chi connectivity index (χ4n) is 2.34. The third-order valence-corrected chi connectivity index (χ3v) is 4.36. The Balaban J connectivity index is 1.64. The molecule has 100 valence electrons. The summed E-state index contributed by atoms with van der Waals surface area (Å²) < 4.78 is 1.12. The molecule has 0 bridgehead atoms. The van der Waals surface area contributed by atoms with E-state index in [4.69, 9.17) is 11.6 Å². The van der Waals surface area contributed by atoms with E-state index in [0.717, 1.165) is 22.6 Å². The molecule has 2 rings (SSSR count). The van der Waals surface area contributed by atoms with Gasteiger partial charge in [0.1, 0.15) is 0 Å². The molecule has 1 aliphatic heterocycles. The van der Waals surface area contributed by atoms with Crippen molar-refractivity contribution < 1.29 is 0 Å². The van der Waals surface area contributed by atoms with Gasteiger partial charge in [0.15, 0.2) is 0 Å². The Morgan fingerprint density at radius 2 is 2.06 bits per heavy atom. The Kier molecular flexibility index (Phi) is 5.96. The second-order valence-corrected chi connectivity index (χ2v) is 6.11. The molecule has 1 aromatic rings. The third kappa shape index (κ3) is 4.54. The SMILES string of the molecule is Clc1ccc(Br)c(CNCCCN2CCCC2)c1. The van der Waals surface area contributed by atoms with Gasteiger partial charge >= 0.3 is 0 Å². The largest absolute Gasteiger partial charge is 0.313 e. The third-order valence-electron chi connectivity index (χ3n) is 3.35. The Bertz CT molecular complexity index is 378. The van der Waals surface area contributed by atoms with Crippen LogP contribution >= 0.6 is 27.5 Å². The van der Waals surface area contributed by atoms with E-state index in [-0.39, 0.29) is 0 Å². The molecule has 1 aliphatic rings. The van der Waals surface area contributed by atoms with Gasteiger partial charge in [-0.3, -0.25) is 0 Å². The molecular formula is C14H20BrClN2. The summed E-state index contributed by atoms with van der Waals surface area (Å²) in [6.07, 6.45) is 3.98. The van der Waals surface area contributed by atoms with Gasteiger partial charge in [-0.25, -0.2) is 0 Å². The summed E-state index contributed by atoms with van der Waals surface area (Å²) >= 11 is 9.53. The van der Waals surface area contributed by atoms with Crippen LogP contribution in [-0.4, -0.2) is 31.1 Å². The maximum Gasteiger partial charge on any atom is 0.0410 e. The van der Waals surface area contributed by atoms with Gasteiger partial charge in [-0.15, -0.1) is 0 Å². The average molecular weight is 332 g/mol. The Morgan fingerprint density at radius 3 is 2.83 bits per heavy atom. The number of benzene rings is 1. The predicted molar refractivity (Wildman–Crippen MR) is 81.1 cm³/mol. The van der Waals surface area contributed by atoms with E-state index in [9.17, 15) is 0 Å². The van der Waals surface area contributed by atoms with Gasteiger partial charge in [0, 0.05) is 16.0 Å². The van der Waals surface area contributed by atoms with Crippen molar-refractivity contribution in [1.82, 2.24) is 10.2 Å². The molecule has 1 fully saturated rings. The lowest BCUT2D eigenvalue weighted by atomic mass is 10.2. The van der Waals surface area contributed by atoms with E-state index in [1.807, 2.05) is 18.2 Å². The van der Waals surface area contributed by atoms with Crippen LogP contribution in [0.1, 0.15) is 24.8 Å². The molecule has 0 amide bonds. The highest BCUT2D eigenvalue weighted by Crippen LogP contribution is 2.20. The van der Waals surface area contributed by atoms with Gasteiger partial charge in [0.05, 0.1) is 0 Å². The van der Waals surface area contributed by atoms with Crippen LogP contribution in [0.3, 0.4) is 0 Å². The zero-order valence-electron chi connectivity index (χ0n) is 10.6. The van der Waals surface area contributed by atoms with Crippen LogP contribution in [-0.2, 0) is 6.54 Å². The first-order valence-corrected chi connectivity index (χ1v) is 7.80. The van der Waals surface area contributed by atoms with Crippen molar-refractivity contribution in [3.8, 4) is 0 Å². The average Bonchev–Trinajstić information content (AvgIpc) is 2.86. The summed E-state index contributed by atoms with van der Waals surface area (Å²) in [5.74, 6) is 0. The molecule has 0 unspecified atom stereocenters. The summed E-state index contributed by atoms with van der Waals surface area (Å²) in [5.41, 5.74) is 1.23. The Hall–Kier alpha value is -0.0900. The van der Waals surface area contributed by atoms with Gasteiger partial charge in [-0.05, 0) is 69.2 Å². The summed E-state index contributed by atoms with van der Waals surface area (Å²) in [6.45, 7) is 5.75. The fourth-order valence-corrected chi connectivity index (χ4v) is 2.92. The van der Waals surface area contributed by atoms with E-state index < -0.39 is 0 Å². The van der Waals surface area contributed by atoms with Gasteiger partial charge < -0.3 is 10.2 Å². The Morgan fingerprint density at radius 1 is 1.28 bits per heavy atom. The highest BCUT2D eigenvalue weighted by atomic mass is 79.9. The van der Waals surface area contributed by atoms with E-state index in [1.54, 1.807) is 0 Å². The van der Waals surface area contributed by atoms with Crippen molar-refractivity contribution in [2.45, 2.75) is 25.8 Å². The van der Waals surface area contributed by atoms with Crippen molar-refractivity contribution in [2.24, 2.45) is 0 Å². The molecule has 18 heavy (non-hydrogen) atoms. The Labute approximate surface area is 123 Å². The quantitative estimate of drug-likeness (QED) is 0.800. The number of halogens is 2. The highest BCUT2D eigenvalue weighted by Gasteiger charge is 2.09. The van der Waals surface area contributed by atoms with Crippen LogP contribution in [0.4, 0.5) is 0 Å². The van der Waals surface area contributed by atoms with E-state index in [1.165, 1.54) is 44.5 Å². The van der Waals surface area contributed by atoms with Crippen molar-refractivity contribution in [2.75, 3.05) is 26.2 Å².